The molecular formula is C19H14ClF3N2OS. The molecule has 0 aliphatic carbocycles. The summed E-state index contributed by atoms with van der Waals surface area (Å²) in [6.07, 6.45) is -1.75. The number of carbonyl (C=O) groups excluding carboxylic acids is 1. The summed E-state index contributed by atoms with van der Waals surface area (Å²) in [6.45, 7) is 0. The molecule has 1 amide bonds. The SMILES string of the molecule is N#CCCSc1ccccc1NC(=O)/C=C/c1ccc(Cl)c(C(F)(F)F)c1. The molecule has 0 aliphatic rings. The van der Waals surface area contributed by atoms with Crippen LogP contribution in [0.2, 0.25) is 5.02 Å². The van der Waals surface area contributed by atoms with Gasteiger partial charge >= 0.3 is 6.18 Å². The van der Waals surface area contributed by atoms with Crippen LogP contribution in [0, 0.1) is 11.3 Å². The Kier molecular flexibility index (Phi) is 7.34. The molecule has 0 spiro atoms. The number of anilines is 1. The van der Waals surface area contributed by atoms with E-state index in [0.717, 1.165) is 23.1 Å². The van der Waals surface area contributed by atoms with Crippen molar-refractivity contribution in [3.05, 3.63) is 64.7 Å². The summed E-state index contributed by atoms with van der Waals surface area (Å²) < 4.78 is 38.6. The van der Waals surface area contributed by atoms with Crippen molar-refractivity contribution < 1.29 is 18.0 Å². The van der Waals surface area contributed by atoms with E-state index in [9.17, 15) is 18.0 Å². The minimum Gasteiger partial charge on any atom is -0.321 e. The zero-order valence-electron chi connectivity index (χ0n) is 13.9. The van der Waals surface area contributed by atoms with Gasteiger partial charge in [0, 0.05) is 23.1 Å². The number of hydrogen-bond donors (Lipinski definition) is 1. The monoisotopic (exact) mass is 410 g/mol. The number of amides is 1. The van der Waals surface area contributed by atoms with Gasteiger partial charge in [0.1, 0.15) is 0 Å². The Morgan fingerprint density at radius 2 is 2.00 bits per heavy atom. The first-order valence-electron chi connectivity index (χ1n) is 7.76. The first kappa shape index (κ1) is 20.9. The second kappa shape index (κ2) is 9.49. The summed E-state index contributed by atoms with van der Waals surface area (Å²) in [7, 11) is 0. The van der Waals surface area contributed by atoms with Crippen molar-refractivity contribution in [3.63, 3.8) is 0 Å². The molecule has 27 heavy (non-hydrogen) atoms. The van der Waals surface area contributed by atoms with Crippen molar-refractivity contribution in [1.82, 2.24) is 0 Å². The van der Waals surface area contributed by atoms with Crippen LogP contribution in [0.3, 0.4) is 0 Å². The van der Waals surface area contributed by atoms with E-state index in [2.05, 4.69) is 5.32 Å². The van der Waals surface area contributed by atoms with E-state index < -0.39 is 22.7 Å². The van der Waals surface area contributed by atoms with Crippen molar-refractivity contribution in [2.45, 2.75) is 17.5 Å². The summed E-state index contributed by atoms with van der Waals surface area (Å²) in [4.78, 5) is 12.9. The number of nitrogens with one attached hydrogen (secondary N) is 1. The predicted octanol–water partition coefficient (Wildman–Crippen LogP) is 6.02. The minimum atomic E-state index is -4.57. The van der Waals surface area contributed by atoms with Gasteiger partial charge < -0.3 is 5.32 Å². The third-order valence-corrected chi connectivity index (χ3v) is 4.74. The molecule has 2 aromatic carbocycles. The standard InChI is InChI=1S/C19H14ClF3N2OS/c20-15-8-6-13(12-14(15)19(21,22)23)7-9-18(26)25-16-4-1-2-5-17(16)27-11-3-10-24/h1-2,4-9,12H,3,11H2,(H,25,26)/b9-7+. The highest BCUT2D eigenvalue weighted by molar-refractivity contribution is 7.99. The van der Waals surface area contributed by atoms with Crippen LogP contribution in [0.4, 0.5) is 18.9 Å². The zero-order valence-corrected chi connectivity index (χ0v) is 15.5. The molecule has 0 saturated heterocycles. The van der Waals surface area contributed by atoms with E-state index in [4.69, 9.17) is 16.9 Å². The first-order valence-corrected chi connectivity index (χ1v) is 9.12. The molecule has 0 fully saturated rings. The lowest BCUT2D eigenvalue weighted by atomic mass is 10.1. The second-order valence-electron chi connectivity index (χ2n) is 5.31. The lowest BCUT2D eigenvalue weighted by molar-refractivity contribution is -0.137. The molecule has 8 heteroatoms. The largest absolute Gasteiger partial charge is 0.417 e. The maximum Gasteiger partial charge on any atom is 0.417 e. The molecule has 0 aliphatic heterocycles. The maximum atomic E-state index is 12.9. The van der Waals surface area contributed by atoms with Gasteiger partial charge in [-0.1, -0.05) is 29.8 Å². The molecule has 0 atom stereocenters. The summed E-state index contributed by atoms with van der Waals surface area (Å²) in [5, 5.41) is 10.9. The summed E-state index contributed by atoms with van der Waals surface area (Å²) in [5.41, 5.74) is -0.174. The number of rotatable bonds is 6. The van der Waals surface area contributed by atoms with Crippen LogP contribution in [0.1, 0.15) is 17.5 Å². The number of thioether (sulfide) groups is 1. The molecule has 2 rings (SSSR count). The highest BCUT2D eigenvalue weighted by atomic mass is 35.5. The van der Waals surface area contributed by atoms with Crippen LogP contribution < -0.4 is 5.32 Å². The summed E-state index contributed by atoms with van der Waals surface area (Å²) in [6, 6.07) is 12.6. The van der Waals surface area contributed by atoms with E-state index in [-0.39, 0.29) is 5.56 Å². The number of hydrogen-bond acceptors (Lipinski definition) is 3. The summed E-state index contributed by atoms with van der Waals surface area (Å²) >= 11 is 7.01. The molecule has 0 unspecified atom stereocenters. The van der Waals surface area contributed by atoms with Crippen LogP contribution in [0.25, 0.3) is 6.08 Å². The van der Waals surface area contributed by atoms with Crippen molar-refractivity contribution >= 4 is 41.0 Å². The Hall–Kier alpha value is -2.43. The third kappa shape index (κ3) is 6.35. The van der Waals surface area contributed by atoms with Gasteiger partial charge in [0.05, 0.1) is 22.3 Å². The van der Waals surface area contributed by atoms with E-state index in [1.807, 2.05) is 18.2 Å². The van der Waals surface area contributed by atoms with E-state index in [1.165, 1.54) is 23.9 Å². The lowest BCUT2D eigenvalue weighted by Crippen LogP contribution is -2.09. The van der Waals surface area contributed by atoms with Crippen LogP contribution in [-0.4, -0.2) is 11.7 Å². The van der Waals surface area contributed by atoms with Gasteiger partial charge in [-0.25, -0.2) is 0 Å². The highest BCUT2D eigenvalue weighted by Crippen LogP contribution is 2.35. The fraction of sp³-hybridized carbons (Fsp3) is 0.158. The molecule has 3 nitrogen and oxygen atoms in total. The van der Waals surface area contributed by atoms with Gasteiger partial charge in [-0.3, -0.25) is 4.79 Å². The second-order valence-corrected chi connectivity index (χ2v) is 6.86. The Morgan fingerprint density at radius 3 is 2.70 bits per heavy atom. The number of nitrogens with zero attached hydrogens (tertiary/aromatic N) is 1. The predicted molar refractivity (Wildman–Crippen MR) is 102 cm³/mol. The van der Waals surface area contributed by atoms with Gasteiger partial charge in [-0.2, -0.15) is 18.4 Å². The smallest absolute Gasteiger partial charge is 0.321 e. The van der Waals surface area contributed by atoms with E-state index in [1.54, 1.807) is 12.1 Å². The average molecular weight is 411 g/mol. The van der Waals surface area contributed by atoms with Crippen molar-refractivity contribution in [1.29, 1.82) is 5.26 Å². The normalized spacial score (nSPS) is 11.4. The third-order valence-electron chi connectivity index (χ3n) is 3.34. The fourth-order valence-corrected chi connectivity index (χ4v) is 3.20. The van der Waals surface area contributed by atoms with Crippen LogP contribution in [-0.2, 0) is 11.0 Å². The summed E-state index contributed by atoms with van der Waals surface area (Å²) in [5.74, 6) is 0.108. The van der Waals surface area contributed by atoms with Crippen molar-refractivity contribution in [3.8, 4) is 6.07 Å². The minimum absolute atomic E-state index is 0.207. The number of alkyl halides is 3. The van der Waals surface area contributed by atoms with E-state index >= 15 is 0 Å². The number of carbonyl (C=O) groups is 1. The molecular weight excluding hydrogens is 397 g/mol. The highest BCUT2D eigenvalue weighted by Gasteiger charge is 2.33. The Labute approximate surface area is 163 Å². The average Bonchev–Trinajstić information content (AvgIpc) is 2.61. The molecule has 0 radical (unpaired) electrons. The Morgan fingerprint density at radius 1 is 1.26 bits per heavy atom. The molecule has 140 valence electrons. The van der Waals surface area contributed by atoms with Gasteiger partial charge in [0.25, 0.3) is 0 Å². The van der Waals surface area contributed by atoms with Gasteiger partial charge in [0.2, 0.25) is 5.91 Å². The molecule has 0 bridgehead atoms. The van der Waals surface area contributed by atoms with Crippen molar-refractivity contribution in [2.75, 3.05) is 11.1 Å². The number of benzene rings is 2. The van der Waals surface area contributed by atoms with Crippen molar-refractivity contribution in [2.24, 2.45) is 0 Å². The lowest BCUT2D eigenvalue weighted by Gasteiger charge is -2.10. The van der Waals surface area contributed by atoms with Crippen LogP contribution in [0.15, 0.2) is 53.4 Å². The maximum absolute atomic E-state index is 12.9. The first-order chi connectivity index (χ1) is 12.8. The topological polar surface area (TPSA) is 52.9 Å². The van der Waals surface area contributed by atoms with Crippen LogP contribution >= 0.6 is 23.4 Å². The number of para-hydroxylation sites is 1. The molecule has 1 N–H and O–H groups in total. The quantitative estimate of drug-likeness (QED) is 0.360. The molecule has 2 aromatic rings. The Balaban J connectivity index is 2.10. The number of nitriles is 1. The van der Waals surface area contributed by atoms with Gasteiger partial charge in [-0.05, 0) is 35.9 Å². The molecule has 0 aromatic heterocycles. The van der Waals surface area contributed by atoms with Crippen LogP contribution in [0.5, 0.6) is 0 Å². The Bertz CT molecular complexity index is 891. The molecule has 0 heterocycles. The number of halogens is 4. The molecule has 0 saturated carbocycles. The van der Waals surface area contributed by atoms with E-state index in [0.29, 0.717) is 17.9 Å². The zero-order chi connectivity index (χ0) is 19.9. The van der Waals surface area contributed by atoms with Gasteiger partial charge in [0.15, 0.2) is 0 Å². The van der Waals surface area contributed by atoms with Gasteiger partial charge in [-0.15, -0.1) is 11.8 Å². The fourth-order valence-electron chi connectivity index (χ4n) is 2.11.